The molecule has 0 saturated carbocycles. The first-order valence-corrected chi connectivity index (χ1v) is 7.08. The van der Waals surface area contributed by atoms with Crippen LogP contribution in [0.4, 0.5) is 0 Å². The van der Waals surface area contributed by atoms with Gasteiger partial charge in [-0.2, -0.15) is 5.26 Å². The second-order valence-electron chi connectivity index (χ2n) is 5.23. The van der Waals surface area contributed by atoms with Crippen molar-refractivity contribution in [2.45, 2.75) is 19.9 Å². The molecule has 0 saturated heterocycles. The van der Waals surface area contributed by atoms with E-state index in [0.717, 1.165) is 25.4 Å². The summed E-state index contributed by atoms with van der Waals surface area (Å²) in [5, 5.41) is 8.85. The molecule has 0 spiro atoms. The molecular formula is C16H25N3O. The van der Waals surface area contributed by atoms with E-state index in [4.69, 9.17) is 10.00 Å². The Kier molecular flexibility index (Phi) is 7.06. The molecule has 0 radical (unpaired) electrons. The van der Waals surface area contributed by atoms with Crippen LogP contribution in [-0.4, -0.2) is 56.2 Å². The highest BCUT2D eigenvalue weighted by Gasteiger charge is 2.12. The van der Waals surface area contributed by atoms with E-state index < -0.39 is 0 Å². The van der Waals surface area contributed by atoms with E-state index in [2.05, 4.69) is 43.8 Å². The van der Waals surface area contributed by atoms with Crippen LogP contribution in [0.1, 0.15) is 19.4 Å². The Balaban J connectivity index is 2.43. The summed E-state index contributed by atoms with van der Waals surface area (Å²) in [6, 6.07) is 9.92. The van der Waals surface area contributed by atoms with Gasteiger partial charge in [-0.15, -0.1) is 0 Å². The zero-order chi connectivity index (χ0) is 15.0. The van der Waals surface area contributed by atoms with Gasteiger partial charge in [0.1, 0.15) is 12.4 Å². The molecule has 4 nitrogen and oxygen atoms in total. The number of likely N-dealkylation sites (N-methyl/N-ethyl adjacent to an activating group) is 2. The highest BCUT2D eigenvalue weighted by molar-refractivity contribution is 5.36. The Morgan fingerprint density at radius 1 is 1.35 bits per heavy atom. The van der Waals surface area contributed by atoms with Crippen molar-refractivity contribution in [2.24, 2.45) is 0 Å². The molecule has 1 aromatic carbocycles. The molecule has 110 valence electrons. The Labute approximate surface area is 122 Å². The summed E-state index contributed by atoms with van der Waals surface area (Å²) >= 11 is 0. The van der Waals surface area contributed by atoms with E-state index >= 15 is 0 Å². The molecule has 0 aromatic heterocycles. The monoisotopic (exact) mass is 275 g/mol. The summed E-state index contributed by atoms with van der Waals surface area (Å²) in [6.45, 7) is 7.99. The molecule has 0 aliphatic carbocycles. The maximum absolute atomic E-state index is 8.85. The largest absolute Gasteiger partial charge is 0.492 e. The minimum atomic E-state index is 0.504. The van der Waals surface area contributed by atoms with Gasteiger partial charge in [0.2, 0.25) is 0 Å². The summed E-state index contributed by atoms with van der Waals surface area (Å²) in [6.07, 6.45) is 0. The third kappa shape index (κ3) is 5.60. The van der Waals surface area contributed by atoms with E-state index in [-0.39, 0.29) is 0 Å². The average Bonchev–Trinajstić information content (AvgIpc) is 2.43. The van der Waals surface area contributed by atoms with Crippen molar-refractivity contribution in [3.8, 4) is 11.8 Å². The summed E-state index contributed by atoms with van der Waals surface area (Å²) in [5.41, 5.74) is 0.635. The highest BCUT2D eigenvalue weighted by atomic mass is 16.5. The molecular weight excluding hydrogens is 250 g/mol. The molecule has 4 heteroatoms. The topological polar surface area (TPSA) is 39.5 Å². The van der Waals surface area contributed by atoms with Gasteiger partial charge >= 0.3 is 0 Å². The zero-order valence-corrected chi connectivity index (χ0v) is 13.0. The number of benzene rings is 1. The smallest absolute Gasteiger partial charge is 0.120 e. The maximum atomic E-state index is 8.85. The normalized spacial score (nSPS) is 12.4. The van der Waals surface area contributed by atoms with E-state index in [0.29, 0.717) is 18.2 Å². The first kappa shape index (κ1) is 16.5. The van der Waals surface area contributed by atoms with Crippen LogP contribution in [0.3, 0.4) is 0 Å². The Hall–Kier alpha value is -1.57. The van der Waals surface area contributed by atoms with Gasteiger partial charge in [-0.05, 0) is 45.8 Å². The molecule has 0 amide bonds. The van der Waals surface area contributed by atoms with E-state index in [1.165, 1.54) is 0 Å². The minimum Gasteiger partial charge on any atom is -0.492 e. The van der Waals surface area contributed by atoms with Crippen LogP contribution in [0.2, 0.25) is 0 Å². The molecule has 0 aliphatic rings. The van der Waals surface area contributed by atoms with Gasteiger partial charge in [-0.1, -0.05) is 13.0 Å². The van der Waals surface area contributed by atoms with Crippen molar-refractivity contribution >= 4 is 0 Å². The number of ether oxygens (including phenoxy) is 1. The van der Waals surface area contributed by atoms with E-state index in [1.54, 1.807) is 12.1 Å². The molecule has 1 rings (SSSR count). The van der Waals surface area contributed by atoms with Crippen LogP contribution in [-0.2, 0) is 0 Å². The Morgan fingerprint density at radius 3 is 2.70 bits per heavy atom. The fraction of sp³-hybridized carbons (Fsp3) is 0.562. The van der Waals surface area contributed by atoms with Crippen molar-refractivity contribution in [1.29, 1.82) is 5.26 Å². The lowest BCUT2D eigenvalue weighted by Gasteiger charge is -2.29. The van der Waals surface area contributed by atoms with Gasteiger partial charge in [0.05, 0.1) is 11.6 Å². The second-order valence-corrected chi connectivity index (χ2v) is 5.23. The molecule has 1 aromatic rings. The van der Waals surface area contributed by atoms with Crippen molar-refractivity contribution in [2.75, 3.05) is 40.3 Å². The number of hydrogen-bond donors (Lipinski definition) is 0. The van der Waals surface area contributed by atoms with Crippen LogP contribution < -0.4 is 4.74 Å². The molecule has 1 unspecified atom stereocenters. The van der Waals surface area contributed by atoms with Crippen LogP contribution in [0.25, 0.3) is 0 Å². The third-order valence-electron chi connectivity index (χ3n) is 3.27. The maximum Gasteiger partial charge on any atom is 0.120 e. The second kappa shape index (κ2) is 8.57. The fourth-order valence-electron chi connectivity index (χ4n) is 2.27. The number of nitriles is 1. The van der Waals surface area contributed by atoms with Gasteiger partial charge < -0.3 is 9.64 Å². The van der Waals surface area contributed by atoms with Gasteiger partial charge in [-0.25, -0.2) is 0 Å². The first-order chi connectivity index (χ1) is 9.56. The van der Waals surface area contributed by atoms with Crippen LogP contribution in [0.15, 0.2) is 24.3 Å². The van der Waals surface area contributed by atoms with E-state index in [9.17, 15) is 0 Å². The Bertz CT molecular complexity index is 440. The standard InChI is InChI=1S/C16H25N3O/c1-5-19(14(2)13-18(3)4)9-10-20-16-8-6-7-15(11-16)12-17/h6-8,11,14H,5,9-10,13H2,1-4H3. The summed E-state index contributed by atoms with van der Waals surface area (Å²) < 4.78 is 5.73. The van der Waals surface area contributed by atoms with Gasteiger partial charge in [0, 0.05) is 19.1 Å². The molecule has 0 N–H and O–H groups in total. The molecule has 20 heavy (non-hydrogen) atoms. The SMILES string of the molecule is CCN(CCOc1cccc(C#N)c1)C(C)CN(C)C. The lowest BCUT2D eigenvalue weighted by molar-refractivity contribution is 0.152. The first-order valence-electron chi connectivity index (χ1n) is 7.08. The van der Waals surface area contributed by atoms with Crippen molar-refractivity contribution < 1.29 is 4.74 Å². The molecule has 1 atom stereocenters. The summed E-state index contributed by atoms with van der Waals surface area (Å²) in [4.78, 5) is 4.60. The third-order valence-corrected chi connectivity index (χ3v) is 3.27. The summed E-state index contributed by atoms with van der Waals surface area (Å²) in [5.74, 6) is 0.764. The van der Waals surface area contributed by atoms with E-state index in [1.807, 2.05) is 12.1 Å². The van der Waals surface area contributed by atoms with Gasteiger partial charge in [0.15, 0.2) is 0 Å². The predicted octanol–water partition coefficient (Wildman–Crippen LogP) is 2.21. The molecule has 0 fully saturated rings. The van der Waals surface area contributed by atoms with Gasteiger partial charge in [-0.3, -0.25) is 4.90 Å². The quantitative estimate of drug-likeness (QED) is 0.729. The summed E-state index contributed by atoms with van der Waals surface area (Å²) in [7, 11) is 4.18. The zero-order valence-electron chi connectivity index (χ0n) is 13.0. The van der Waals surface area contributed by atoms with Crippen molar-refractivity contribution in [1.82, 2.24) is 9.80 Å². The molecule has 0 aliphatic heterocycles. The van der Waals surface area contributed by atoms with Gasteiger partial charge in [0.25, 0.3) is 0 Å². The predicted molar refractivity (Wildman–Crippen MR) is 81.9 cm³/mol. The number of nitrogens with zero attached hydrogens (tertiary/aromatic N) is 3. The van der Waals surface area contributed by atoms with Crippen molar-refractivity contribution in [3.63, 3.8) is 0 Å². The minimum absolute atomic E-state index is 0.504. The number of hydrogen-bond acceptors (Lipinski definition) is 4. The Morgan fingerprint density at radius 2 is 2.10 bits per heavy atom. The van der Waals surface area contributed by atoms with Crippen molar-refractivity contribution in [3.05, 3.63) is 29.8 Å². The van der Waals surface area contributed by atoms with Crippen LogP contribution in [0, 0.1) is 11.3 Å². The van der Waals surface area contributed by atoms with Crippen LogP contribution in [0.5, 0.6) is 5.75 Å². The molecule has 0 heterocycles. The van der Waals surface area contributed by atoms with Crippen LogP contribution >= 0.6 is 0 Å². The lowest BCUT2D eigenvalue weighted by atomic mass is 10.2. The highest BCUT2D eigenvalue weighted by Crippen LogP contribution is 2.12. The lowest BCUT2D eigenvalue weighted by Crippen LogP contribution is -2.41. The fourth-order valence-corrected chi connectivity index (χ4v) is 2.27. The number of rotatable bonds is 8. The molecule has 0 bridgehead atoms. The average molecular weight is 275 g/mol.